The van der Waals surface area contributed by atoms with Crippen LogP contribution in [0, 0.1) is 11.3 Å². The van der Waals surface area contributed by atoms with Gasteiger partial charge < -0.3 is 14.2 Å². The van der Waals surface area contributed by atoms with Crippen molar-refractivity contribution in [3.63, 3.8) is 0 Å². The van der Waals surface area contributed by atoms with Gasteiger partial charge in [-0.15, -0.1) is 0 Å². The van der Waals surface area contributed by atoms with Gasteiger partial charge in [0.2, 0.25) is 6.79 Å². The second kappa shape index (κ2) is 6.41. The highest BCUT2D eigenvalue weighted by Crippen LogP contribution is 2.35. The summed E-state index contributed by atoms with van der Waals surface area (Å²) in [6.45, 7) is 0.177. The van der Waals surface area contributed by atoms with Crippen molar-refractivity contribution < 1.29 is 19.0 Å². The number of Topliss-reactive ketones (excluding diaryl/α,β-unsaturated/α-hetero) is 1. The van der Waals surface area contributed by atoms with E-state index in [0.29, 0.717) is 22.8 Å². The van der Waals surface area contributed by atoms with Gasteiger partial charge in [0.1, 0.15) is 5.75 Å². The van der Waals surface area contributed by atoms with Gasteiger partial charge >= 0.3 is 0 Å². The van der Waals surface area contributed by atoms with Gasteiger partial charge in [-0.1, -0.05) is 18.2 Å². The van der Waals surface area contributed by atoms with E-state index in [1.165, 1.54) is 7.11 Å². The smallest absolute Gasteiger partial charge is 0.231 e. The Kier molecular flexibility index (Phi) is 4.15. The lowest BCUT2D eigenvalue weighted by Crippen LogP contribution is -2.08. The Morgan fingerprint density at radius 3 is 2.83 bits per heavy atom. The number of fused-ring (bicyclic) bond motifs is 1. The monoisotopic (exact) mass is 309 g/mol. The molecule has 2 aromatic carbocycles. The molecule has 1 aliphatic heterocycles. The zero-order chi connectivity index (χ0) is 16.2. The molecule has 0 radical (unpaired) electrons. The number of ketones is 1. The minimum absolute atomic E-state index is 0.0799. The highest BCUT2D eigenvalue weighted by atomic mass is 16.7. The molecule has 1 atom stereocenters. The molecule has 1 unspecified atom stereocenters. The summed E-state index contributed by atoms with van der Waals surface area (Å²) >= 11 is 0. The molecule has 116 valence electrons. The van der Waals surface area contributed by atoms with Crippen LogP contribution in [0.3, 0.4) is 0 Å². The van der Waals surface area contributed by atoms with Gasteiger partial charge in [0.25, 0.3) is 0 Å². The zero-order valence-corrected chi connectivity index (χ0v) is 12.6. The summed E-state index contributed by atoms with van der Waals surface area (Å²) in [6, 6.07) is 14.5. The molecule has 0 spiro atoms. The van der Waals surface area contributed by atoms with Gasteiger partial charge in [-0.2, -0.15) is 5.26 Å². The number of para-hydroxylation sites is 1. The molecule has 0 amide bonds. The van der Waals surface area contributed by atoms with Crippen molar-refractivity contribution >= 4 is 5.78 Å². The Balaban J connectivity index is 1.82. The maximum absolute atomic E-state index is 12.5. The Labute approximate surface area is 134 Å². The van der Waals surface area contributed by atoms with Crippen LogP contribution >= 0.6 is 0 Å². The fourth-order valence-corrected chi connectivity index (χ4v) is 2.54. The molecule has 0 bridgehead atoms. The quantitative estimate of drug-likeness (QED) is 0.793. The molecule has 0 saturated carbocycles. The third-order valence-electron chi connectivity index (χ3n) is 3.75. The topological polar surface area (TPSA) is 68.6 Å². The second-order valence-corrected chi connectivity index (χ2v) is 5.12. The first-order chi connectivity index (χ1) is 11.2. The van der Waals surface area contributed by atoms with Crippen molar-refractivity contribution in [1.82, 2.24) is 0 Å². The van der Waals surface area contributed by atoms with E-state index >= 15 is 0 Å². The molecular weight excluding hydrogens is 294 g/mol. The first-order valence-electron chi connectivity index (χ1n) is 7.18. The fourth-order valence-electron chi connectivity index (χ4n) is 2.54. The number of nitriles is 1. The average Bonchev–Trinajstić information content (AvgIpc) is 3.07. The number of hydrogen-bond acceptors (Lipinski definition) is 5. The van der Waals surface area contributed by atoms with E-state index in [1.807, 2.05) is 0 Å². The van der Waals surface area contributed by atoms with Crippen LogP contribution in [0.5, 0.6) is 17.2 Å². The molecule has 5 nitrogen and oxygen atoms in total. The number of nitrogens with zero attached hydrogens (tertiary/aromatic N) is 1. The van der Waals surface area contributed by atoms with Crippen molar-refractivity contribution in [3.8, 4) is 23.3 Å². The number of carbonyl (C=O) groups is 1. The predicted octanol–water partition coefficient (Wildman–Crippen LogP) is 3.30. The lowest BCUT2D eigenvalue weighted by atomic mass is 9.92. The first kappa shape index (κ1) is 14.9. The predicted molar refractivity (Wildman–Crippen MR) is 82.9 cm³/mol. The zero-order valence-electron chi connectivity index (χ0n) is 12.6. The summed E-state index contributed by atoms with van der Waals surface area (Å²) < 4.78 is 15.8. The second-order valence-electron chi connectivity index (χ2n) is 5.12. The van der Waals surface area contributed by atoms with E-state index < -0.39 is 5.92 Å². The summed E-state index contributed by atoms with van der Waals surface area (Å²) in [4.78, 5) is 12.5. The molecule has 0 aliphatic carbocycles. The largest absolute Gasteiger partial charge is 0.496 e. The normalized spacial score (nSPS) is 13.2. The van der Waals surface area contributed by atoms with Crippen LogP contribution in [-0.2, 0) is 0 Å². The molecule has 23 heavy (non-hydrogen) atoms. The van der Waals surface area contributed by atoms with Crippen molar-refractivity contribution in [3.05, 3.63) is 53.6 Å². The van der Waals surface area contributed by atoms with E-state index in [4.69, 9.17) is 14.2 Å². The number of ether oxygens (including phenoxy) is 3. The van der Waals surface area contributed by atoms with Crippen LogP contribution in [0.4, 0.5) is 0 Å². The lowest BCUT2D eigenvalue weighted by molar-refractivity contribution is 0.0976. The Morgan fingerprint density at radius 2 is 2.04 bits per heavy atom. The molecule has 1 aliphatic rings. The molecular formula is C18H15NO4. The van der Waals surface area contributed by atoms with Crippen molar-refractivity contribution in [2.24, 2.45) is 0 Å². The number of hydrogen-bond donors (Lipinski definition) is 0. The van der Waals surface area contributed by atoms with Gasteiger partial charge in [0.15, 0.2) is 17.3 Å². The molecule has 0 saturated heterocycles. The number of methoxy groups -OCH3 is 1. The van der Waals surface area contributed by atoms with E-state index in [-0.39, 0.29) is 19.0 Å². The van der Waals surface area contributed by atoms with Gasteiger partial charge in [-0.05, 0) is 29.8 Å². The standard InChI is InChI=1S/C18H15NO4/c1-21-16-5-3-2-4-14(16)15(20)8-13(10-19)12-6-7-17-18(9-12)23-11-22-17/h2-7,9,13H,8,11H2,1H3. The molecule has 0 N–H and O–H groups in total. The van der Waals surface area contributed by atoms with Gasteiger partial charge in [0.05, 0.1) is 24.7 Å². The van der Waals surface area contributed by atoms with Crippen LogP contribution in [0.2, 0.25) is 0 Å². The van der Waals surface area contributed by atoms with Crippen LogP contribution in [0.1, 0.15) is 28.3 Å². The van der Waals surface area contributed by atoms with Gasteiger partial charge in [-0.25, -0.2) is 0 Å². The number of carbonyl (C=O) groups excluding carboxylic acids is 1. The molecule has 3 rings (SSSR count). The molecule has 1 heterocycles. The summed E-state index contributed by atoms with van der Waals surface area (Å²) in [5.41, 5.74) is 1.22. The molecule has 0 fully saturated rings. The minimum Gasteiger partial charge on any atom is -0.496 e. The summed E-state index contributed by atoms with van der Waals surface area (Å²) in [5.74, 6) is 1.09. The van der Waals surface area contributed by atoms with E-state index in [1.54, 1.807) is 42.5 Å². The Hall–Kier alpha value is -3.00. The Bertz CT molecular complexity index is 779. The fraction of sp³-hybridized carbons (Fsp3) is 0.222. The SMILES string of the molecule is COc1ccccc1C(=O)CC(C#N)c1ccc2c(c1)OCO2. The summed E-state index contributed by atoms with van der Waals surface area (Å²) in [7, 11) is 1.52. The number of benzene rings is 2. The maximum Gasteiger partial charge on any atom is 0.231 e. The highest BCUT2D eigenvalue weighted by Gasteiger charge is 2.22. The third-order valence-corrected chi connectivity index (χ3v) is 3.75. The highest BCUT2D eigenvalue weighted by molar-refractivity contribution is 5.99. The van der Waals surface area contributed by atoms with Crippen molar-refractivity contribution in [2.75, 3.05) is 13.9 Å². The molecule has 5 heteroatoms. The van der Waals surface area contributed by atoms with Gasteiger partial charge in [0, 0.05) is 6.42 Å². The summed E-state index contributed by atoms with van der Waals surface area (Å²) in [5, 5.41) is 9.44. The Morgan fingerprint density at radius 1 is 1.26 bits per heavy atom. The molecule has 0 aromatic heterocycles. The number of rotatable bonds is 5. The van der Waals surface area contributed by atoms with E-state index in [0.717, 1.165) is 5.56 Å². The minimum atomic E-state index is -0.554. The van der Waals surface area contributed by atoms with E-state index in [2.05, 4.69) is 6.07 Å². The average molecular weight is 309 g/mol. The van der Waals surface area contributed by atoms with Crippen LogP contribution in [0.25, 0.3) is 0 Å². The van der Waals surface area contributed by atoms with Crippen LogP contribution < -0.4 is 14.2 Å². The third kappa shape index (κ3) is 2.97. The lowest BCUT2D eigenvalue weighted by Gasteiger charge is -2.11. The maximum atomic E-state index is 12.5. The van der Waals surface area contributed by atoms with Gasteiger partial charge in [-0.3, -0.25) is 4.79 Å². The molecule has 2 aromatic rings. The summed E-state index contributed by atoms with van der Waals surface area (Å²) in [6.07, 6.45) is 0.0799. The van der Waals surface area contributed by atoms with Crippen LogP contribution in [-0.4, -0.2) is 19.7 Å². The van der Waals surface area contributed by atoms with Crippen LogP contribution in [0.15, 0.2) is 42.5 Å². The van der Waals surface area contributed by atoms with Crippen molar-refractivity contribution in [1.29, 1.82) is 5.26 Å². The first-order valence-corrected chi connectivity index (χ1v) is 7.18. The van der Waals surface area contributed by atoms with Crippen molar-refractivity contribution in [2.45, 2.75) is 12.3 Å². The van der Waals surface area contributed by atoms with E-state index in [9.17, 15) is 10.1 Å².